The van der Waals surface area contributed by atoms with Gasteiger partial charge in [0.25, 0.3) is 0 Å². The van der Waals surface area contributed by atoms with Gasteiger partial charge in [-0.3, -0.25) is 4.74 Å². The van der Waals surface area contributed by atoms with Crippen molar-refractivity contribution in [2.45, 2.75) is 33.2 Å². The SMILES string of the molecule is CC(C)(C)N=P([CH-]c1cccc2cccnc12)(c1ccccc1)c1ccccc1.[CH2-]C.[Zn+2]. The van der Waals surface area contributed by atoms with Crippen molar-refractivity contribution in [3.8, 4) is 0 Å². The molecule has 0 amide bonds. The first-order valence-corrected chi connectivity index (χ1v) is 12.4. The van der Waals surface area contributed by atoms with Crippen molar-refractivity contribution in [1.82, 2.24) is 4.98 Å². The van der Waals surface area contributed by atoms with Gasteiger partial charge < -0.3 is 11.9 Å². The number of aromatic nitrogens is 1. The molecule has 0 saturated carbocycles. The molecule has 4 aromatic rings. The Bertz CT molecular complexity index is 1120. The molecular weight excluding hydrogens is 461 g/mol. The van der Waals surface area contributed by atoms with Crippen LogP contribution in [0.3, 0.4) is 0 Å². The number of hydrogen-bond donors (Lipinski definition) is 0. The van der Waals surface area contributed by atoms with Gasteiger partial charge in [0, 0.05) is 13.3 Å². The molecule has 4 rings (SSSR count). The second kappa shape index (κ2) is 11.6. The number of benzene rings is 3. The molecule has 4 heteroatoms. The van der Waals surface area contributed by atoms with E-state index in [1.165, 1.54) is 10.6 Å². The molecule has 3 aromatic carbocycles. The molecule has 0 radical (unpaired) electrons. The van der Waals surface area contributed by atoms with E-state index >= 15 is 0 Å². The fourth-order valence-electron chi connectivity index (χ4n) is 3.66. The minimum Gasteiger partial charge on any atom is -0.346 e. The standard InChI is InChI=1S/C26H26N2P.C2H5.Zn/c1-26(2,3)28-29(23-15-6-4-7-16-23,24-17-8-5-9-18-24)20-22-13-10-12-21-14-11-19-27-25(21)22;1-2;/h4-20H,1-3H3;1H2,2H3;/q2*-1;+2. The quantitative estimate of drug-likeness (QED) is 0.168. The molecule has 0 aliphatic carbocycles. The Kier molecular flexibility index (Phi) is 9.44. The Hall–Kier alpha value is -2.21. The van der Waals surface area contributed by atoms with Crippen molar-refractivity contribution in [3.63, 3.8) is 0 Å². The fraction of sp³-hybridized carbons (Fsp3) is 0.179. The molecule has 0 bridgehead atoms. The van der Waals surface area contributed by atoms with Crippen molar-refractivity contribution < 1.29 is 19.5 Å². The van der Waals surface area contributed by atoms with Crippen LogP contribution in [0.25, 0.3) is 10.9 Å². The van der Waals surface area contributed by atoms with Gasteiger partial charge in [-0.1, -0.05) is 78.2 Å². The second-order valence-corrected chi connectivity index (χ2v) is 11.0. The summed E-state index contributed by atoms with van der Waals surface area (Å²) in [7, 11) is -2.19. The molecule has 0 atom stereocenters. The van der Waals surface area contributed by atoms with E-state index in [4.69, 9.17) is 9.73 Å². The maximum atomic E-state index is 5.51. The zero-order chi connectivity index (χ0) is 22.3. The monoisotopic (exact) mass is 490 g/mol. The van der Waals surface area contributed by atoms with E-state index in [9.17, 15) is 0 Å². The zero-order valence-corrected chi connectivity index (χ0v) is 23.4. The molecule has 0 saturated heterocycles. The summed E-state index contributed by atoms with van der Waals surface area (Å²) in [5.74, 6) is 0. The Morgan fingerprint density at radius 1 is 0.750 bits per heavy atom. The van der Waals surface area contributed by atoms with Gasteiger partial charge in [0.2, 0.25) is 0 Å². The molecule has 0 fully saturated rings. The third kappa shape index (κ3) is 5.97. The second-order valence-electron chi connectivity index (χ2n) is 8.18. The first-order valence-electron chi connectivity index (χ1n) is 10.6. The van der Waals surface area contributed by atoms with Crippen LogP contribution in [0.15, 0.2) is 102 Å². The topological polar surface area (TPSA) is 25.2 Å². The third-order valence-electron chi connectivity index (χ3n) is 4.75. The molecule has 2 nitrogen and oxygen atoms in total. The predicted octanol–water partition coefficient (Wildman–Crippen LogP) is 7.23. The van der Waals surface area contributed by atoms with E-state index in [0.717, 1.165) is 16.5 Å². The van der Waals surface area contributed by atoms with Gasteiger partial charge in [-0.25, -0.2) is 0 Å². The van der Waals surface area contributed by atoms with Crippen LogP contribution >= 0.6 is 7.05 Å². The average Bonchev–Trinajstić information content (AvgIpc) is 2.80. The van der Waals surface area contributed by atoms with Gasteiger partial charge in [-0.15, -0.1) is 12.2 Å². The van der Waals surface area contributed by atoms with Crippen LogP contribution < -0.4 is 10.6 Å². The Morgan fingerprint density at radius 2 is 1.28 bits per heavy atom. The van der Waals surface area contributed by atoms with E-state index in [-0.39, 0.29) is 25.0 Å². The summed E-state index contributed by atoms with van der Waals surface area (Å²) >= 11 is 0. The van der Waals surface area contributed by atoms with Crippen molar-refractivity contribution in [1.29, 1.82) is 0 Å². The van der Waals surface area contributed by atoms with E-state index in [0.29, 0.717) is 0 Å². The Balaban J connectivity index is 0.00000118. The van der Waals surface area contributed by atoms with E-state index < -0.39 is 7.05 Å². The summed E-state index contributed by atoms with van der Waals surface area (Å²) in [6, 6.07) is 31.9. The summed E-state index contributed by atoms with van der Waals surface area (Å²) in [5.41, 5.74) is 1.97. The molecule has 0 spiro atoms. The minimum absolute atomic E-state index is 0. The van der Waals surface area contributed by atoms with E-state index in [2.05, 4.69) is 119 Å². The van der Waals surface area contributed by atoms with Crippen molar-refractivity contribution in [2.75, 3.05) is 0 Å². The van der Waals surface area contributed by atoms with Gasteiger partial charge >= 0.3 is 19.5 Å². The van der Waals surface area contributed by atoms with E-state index in [1.807, 2.05) is 12.3 Å². The van der Waals surface area contributed by atoms with E-state index in [1.54, 1.807) is 6.92 Å². The molecule has 0 aliphatic rings. The maximum Gasteiger partial charge on any atom is 2.00 e. The van der Waals surface area contributed by atoms with Crippen molar-refractivity contribution in [3.05, 3.63) is 116 Å². The molecule has 1 aromatic heterocycles. The summed E-state index contributed by atoms with van der Waals surface area (Å²) in [4.78, 5) is 4.69. The summed E-state index contributed by atoms with van der Waals surface area (Å²) in [5, 5.41) is 3.67. The van der Waals surface area contributed by atoms with Gasteiger partial charge in [-0.05, 0) is 43.0 Å². The maximum absolute atomic E-state index is 5.51. The van der Waals surface area contributed by atoms with Crippen LogP contribution in [0.5, 0.6) is 0 Å². The third-order valence-corrected chi connectivity index (χ3v) is 8.49. The Labute approximate surface area is 206 Å². The minimum atomic E-state index is -2.19. The number of rotatable bonds is 4. The van der Waals surface area contributed by atoms with Gasteiger partial charge in [0.05, 0.1) is 5.54 Å². The number of fused-ring (bicyclic) bond motifs is 1. The normalized spacial score (nSPS) is 11.0. The number of pyridine rings is 1. The van der Waals surface area contributed by atoms with Crippen LogP contribution in [0.4, 0.5) is 0 Å². The number of para-hydroxylation sites is 1. The number of hydrogen-bond acceptors (Lipinski definition) is 2. The van der Waals surface area contributed by atoms with Crippen LogP contribution in [-0.4, -0.2) is 10.5 Å². The molecule has 0 unspecified atom stereocenters. The first kappa shape index (κ1) is 26.0. The van der Waals surface area contributed by atoms with Crippen LogP contribution in [0, 0.1) is 13.1 Å². The zero-order valence-electron chi connectivity index (χ0n) is 19.6. The van der Waals surface area contributed by atoms with Crippen LogP contribution in [0.2, 0.25) is 0 Å². The summed E-state index contributed by atoms with van der Waals surface area (Å²) < 4.78 is 5.51. The largest absolute Gasteiger partial charge is 2.00 e. The average molecular weight is 492 g/mol. The molecular formula is C28H31N2PZn. The molecule has 1 heterocycles. The Morgan fingerprint density at radius 3 is 1.81 bits per heavy atom. The molecule has 160 valence electrons. The van der Waals surface area contributed by atoms with Gasteiger partial charge in [-0.2, -0.15) is 18.6 Å². The molecule has 0 aliphatic heterocycles. The molecule has 0 N–H and O–H groups in total. The van der Waals surface area contributed by atoms with Gasteiger partial charge in [0.1, 0.15) is 0 Å². The summed E-state index contributed by atoms with van der Waals surface area (Å²) in [6.45, 7) is 11.6. The van der Waals surface area contributed by atoms with Crippen LogP contribution in [-0.2, 0) is 19.5 Å². The first-order chi connectivity index (χ1) is 15.0. The van der Waals surface area contributed by atoms with Gasteiger partial charge in [0.15, 0.2) is 0 Å². The smallest absolute Gasteiger partial charge is 0.346 e. The van der Waals surface area contributed by atoms with Crippen molar-refractivity contribution in [2.24, 2.45) is 4.74 Å². The fourth-order valence-corrected chi connectivity index (χ4v) is 7.36. The van der Waals surface area contributed by atoms with Crippen LogP contribution in [0.1, 0.15) is 33.3 Å². The molecule has 32 heavy (non-hydrogen) atoms. The number of nitrogens with zero attached hydrogens (tertiary/aromatic N) is 2. The summed E-state index contributed by atoms with van der Waals surface area (Å²) in [6.07, 6.45) is 4.25. The van der Waals surface area contributed by atoms with Crippen molar-refractivity contribution >= 4 is 28.6 Å². The predicted molar refractivity (Wildman–Crippen MR) is 137 cm³/mol.